The number of fused-ring (bicyclic) bond motifs is 1. The molecule has 0 spiro atoms. The Morgan fingerprint density at radius 1 is 1.03 bits per heavy atom. The molecule has 1 aromatic carbocycles. The number of aromatic nitrogens is 2. The topological polar surface area (TPSA) is 64.8 Å². The first kappa shape index (κ1) is 28.5. The minimum atomic E-state index is -0.738. The third kappa shape index (κ3) is 4.95. The summed E-state index contributed by atoms with van der Waals surface area (Å²) in [5.74, 6) is 1.15. The van der Waals surface area contributed by atoms with Crippen molar-refractivity contribution in [2.45, 2.75) is 69.1 Å². The van der Waals surface area contributed by atoms with Crippen molar-refractivity contribution in [1.29, 1.82) is 0 Å². The zero-order valence-corrected chi connectivity index (χ0v) is 22.9. The summed E-state index contributed by atoms with van der Waals surface area (Å²) in [5, 5.41) is 27.3. The van der Waals surface area contributed by atoms with E-state index < -0.39 is 5.60 Å². The smallest absolute Gasteiger partial charge is 0.115 e. The number of likely N-dealkylation sites (tertiary alicyclic amines) is 2. The second-order valence-corrected chi connectivity index (χ2v) is 10.9. The highest BCUT2D eigenvalue weighted by Gasteiger charge is 2.63. The predicted molar refractivity (Wildman–Crippen MR) is 146 cm³/mol. The second kappa shape index (κ2) is 10.8. The number of aliphatic hydroxyl groups is 1. The Kier molecular flexibility index (Phi) is 8.78. The fourth-order valence-corrected chi connectivity index (χ4v) is 6.97. The largest absolute Gasteiger partial charge is 0.508 e. The van der Waals surface area contributed by atoms with Gasteiger partial charge >= 0.3 is 0 Å². The number of rotatable bonds is 5. The number of phenolic OH excluding ortho intramolecular Hbond substituents is 1. The molecule has 0 unspecified atom stereocenters. The maximum Gasteiger partial charge on any atom is 0.115 e. The zero-order chi connectivity index (χ0) is 21.9. The summed E-state index contributed by atoms with van der Waals surface area (Å²) in [4.78, 5) is 5.14. The van der Waals surface area contributed by atoms with E-state index in [-0.39, 0.29) is 48.7 Å². The van der Waals surface area contributed by atoms with Crippen LogP contribution in [0.4, 0.5) is 0 Å². The van der Waals surface area contributed by atoms with Gasteiger partial charge in [-0.15, -0.1) is 37.2 Å². The number of benzene rings is 1. The molecule has 196 valence electrons. The predicted octanol–water partition coefficient (Wildman–Crippen LogP) is 3.97. The summed E-state index contributed by atoms with van der Waals surface area (Å²) in [7, 11) is 0. The maximum atomic E-state index is 12.5. The number of phenols is 1. The van der Waals surface area contributed by atoms with Crippen molar-refractivity contribution in [3.8, 4) is 5.75 Å². The number of piperidine rings is 1. The van der Waals surface area contributed by atoms with Crippen LogP contribution >= 0.6 is 37.2 Å². The van der Waals surface area contributed by atoms with Crippen LogP contribution in [-0.2, 0) is 18.4 Å². The Balaban J connectivity index is 0.00000114. The molecule has 2 N–H and O–H groups in total. The lowest BCUT2D eigenvalue weighted by atomic mass is 9.52. The summed E-state index contributed by atoms with van der Waals surface area (Å²) >= 11 is 0. The third-order valence-corrected chi connectivity index (χ3v) is 8.93. The number of hydrogen-bond donors (Lipinski definition) is 2. The molecule has 35 heavy (non-hydrogen) atoms. The van der Waals surface area contributed by atoms with Crippen LogP contribution in [0.25, 0.3) is 0 Å². The Labute approximate surface area is 227 Å². The number of halogens is 3. The van der Waals surface area contributed by atoms with Gasteiger partial charge < -0.3 is 15.1 Å². The van der Waals surface area contributed by atoms with E-state index in [1.807, 2.05) is 23.0 Å². The lowest BCUT2D eigenvalue weighted by Gasteiger charge is -2.61. The lowest BCUT2D eigenvalue weighted by Crippen LogP contribution is -2.71. The van der Waals surface area contributed by atoms with Gasteiger partial charge in [-0.05, 0) is 93.3 Å². The van der Waals surface area contributed by atoms with Gasteiger partial charge in [-0.2, -0.15) is 5.10 Å². The molecule has 2 aliphatic heterocycles. The normalized spacial score (nSPS) is 30.1. The molecule has 2 aliphatic carbocycles. The van der Waals surface area contributed by atoms with E-state index in [2.05, 4.69) is 34.1 Å². The van der Waals surface area contributed by atoms with Gasteiger partial charge in [0.2, 0.25) is 0 Å². The minimum absolute atomic E-state index is 0. The van der Waals surface area contributed by atoms with Gasteiger partial charge in [0.15, 0.2) is 0 Å². The molecule has 6 nitrogen and oxygen atoms in total. The van der Waals surface area contributed by atoms with Crippen LogP contribution in [0.15, 0.2) is 30.6 Å². The van der Waals surface area contributed by atoms with Crippen molar-refractivity contribution in [3.63, 3.8) is 0 Å². The van der Waals surface area contributed by atoms with Gasteiger partial charge in [0.25, 0.3) is 0 Å². The van der Waals surface area contributed by atoms with E-state index in [1.165, 1.54) is 29.5 Å². The summed E-state index contributed by atoms with van der Waals surface area (Å²) < 4.78 is 2.03. The molecule has 2 saturated heterocycles. The van der Waals surface area contributed by atoms with Crippen molar-refractivity contribution in [2.75, 3.05) is 32.7 Å². The number of aryl methyl sites for hydroxylation is 1. The molecule has 1 saturated carbocycles. The van der Waals surface area contributed by atoms with Crippen LogP contribution in [0.3, 0.4) is 0 Å². The van der Waals surface area contributed by atoms with Crippen LogP contribution in [0.5, 0.6) is 5.75 Å². The van der Waals surface area contributed by atoms with Gasteiger partial charge in [-0.1, -0.05) is 6.07 Å². The molecule has 4 aliphatic rings. The van der Waals surface area contributed by atoms with Crippen molar-refractivity contribution in [2.24, 2.45) is 5.92 Å². The average Bonchev–Trinajstić information content (AvgIpc) is 3.52. The molecule has 6 rings (SSSR count). The molecule has 3 fully saturated rings. The highest BCUT2D eigenvalue weighted by molar-refractivity contribution is 5.86. The van der Waals surface area contributed by atoms with Gasteiger partial charge in [0.1, 0.15) is 5.75 Å². The molecule has 3 heterocycles. The maximum absolute atomic E-state index is 12.5. The highest BCUT2D eigenvalue weighted by Crippen LogP contribution is 2.56. The third-order valence-electron chi connectivity index (χ3n) is 8.93. The quantitative estimate of drug-likeness (QED) is 0.595. The van der Waals surface area contributed by atoms with E-state index in [0.717, 1.165) is 70.9 Å². The molecule has 1 aromatic heterocycles. The van der Waals surface area contributed by atoms with Crippen molar-refractivity contribution < 1.29 is 10.2 Å². The molecular formula is C26H39Cl3N4O2. The molecule has 2 aromatic rings. The molecule has 0 radical (unpaired) electrons. The van der Waals surface area contributed by atoms with Crippen molar-refractivity contribution >= 4 is 37.2 Å². The molecule has 2 bridgehead atoms. The molecule has 0 amide bonds. The van der Waals surface area contributed by atoms with Gasteiger partial charge in [0, 0.05) is 37.3 Å². The van der Waals surface area contributed by atoms with Crippen LogP contribution in [0, 0.1) is 12.8 Å². The van der Waals surface area contributed by atoms with E-state index in [1.54, 1.807) is 0 Å². The fourth-order valence-electron chi connectivity index (χ4n) is 6.97. The van der Waals surface area contributed by atoms with E-state index in [0.29, 0.717) is 5.75 Å². The first-order valence-electron chi connectivity index (χ1n) is 12.5. The number of hydrogen-bond acceptors (Lipinski definition) is 5. The van der Waals surface area contributed by atoms with E-state index in [4.69, 9.17) is 0 Å². The summed E-state index contributed by atoms with van der Waals surface area (Å²) in [5.41, 5.74) is 2.74. The molecule has 9 heteroatoms. The Bertz CT molecular complexity index is 1020. The fraction of sp³-hybridized carbons (Fsp3) is 0.654. The molecule has 3 atom stereocenters. The van der Waals surface area contributed by atoms with Gasteiger partial charge in [-0.3, -0.25) is 9.58 Å². The Morgan fingerprint density at radius 2 is 1.77 bits per heavy atom. The van der Waals surface area contributed by atoms with E-state index in [9.17, 15) is 10.2 Å². The Hall–Kier alpha value is -1.02. The van der Waals surface area contributed by atoms with Crippen molar-refractivity contribution in [3.05, 3.63) is 47.3 Å². The highest BCUT2D eigenvalue weighted by atomic mass is 35.5. The van der Waals surface area contributed by atoms with E-state index >= 15 is 0 Å². The average molecular weight is 546 g/mol. The first-order chi connectivity index (χ1) is 15.5. The minimum Gasteiger partial charge on any atom is -0.508 e. The first-order valence-corrected chi connectivity index (χ1v) is 12.5. The number of aromatic hydroxyl groups is 1. The zero-order valence-electron chi connectivity index (χ0n) is 20.4. The molecular weight excluding hydrogens is 507 g/mol. The van der Waals surface area contributed by atoms with Crippen LogP contribution in [-0.4, -0.2) is 74.2 Å². The Morgan fingerprint density at radius 3 is 2.49 bits per heavy atom. The summed E-state index contributed by atoms with van der Waals surface area (Å²) in [6.07, 6.45) is 10.3. The lowest BCUT2D eigenvalue weighted by molar-refractivity contribution is -0.149. The van der Waals surface area contributed by atoms with Crippen LogP contribution < -0.4 is 0 Å². The standard InChI is InChI=1S/C26H36N4O2.3ClH/c1-19-16-27-30(17-19)13-12-28-9-6-25-7-11-29(18-20-2-3-20)24(26(25,32)8-10-28)14-21-4-5-22(31)15-23(21)25;;;/h4-5,15-17,20,24,31-32H,2-3,6-14,18H2,1H3;3*1H/t24-,25+,26-;;;/m1.../s1. The van der Waals surface area contributed by atoms with Crippen LogP contribution in [0.1, 0.15) is 48.8 Å². The van der Waals surface area contributed by atoms with Crippen LogP contribution in [0.2, 0.25) is 0 Å². The number of nitrogens with zero attached hydrogens (tertiary/aromatic N) is 4. The van der Waals surface area contributed by atoms with Gasteiger partial charge in [-0.25, -0.2) is 0 Å². The monoisotopic (exact) mass is 544 g/mol. The SMILES string of the molecule is Cc1cnn(CCN2CC[C@]34CCN(CC5CC5)[C@H](Cc5ccc(O)cc53)[C@]4(O)CC2)c1.Cl.Cl.Cl. The summed E-state index contributed by atoms with van der Waals surface area (Å²) in [6, 6.07) is 6.09. The summed E-state index contributed by atoms with van der Waals surface area (Å²) in [6.45, 7) is 8.01. The van der Waals surface area contributed by atoms with Crippen molar-refractivity contribution in [1.82, 2.24) is 19.6 Å². The van der Waals surface area contributed by atoms with Gasteiger partial charge in [0.05, 0.1) is 18.3 Å². The second-order valence-electron chi connectivity index (χ2n) is 10.9.